The quantitative estimate of drug-likeness (QED) is 0.885. The van der Waals surface area contributed by atoms with Gasteiger partial charge in [-0.1, -0.05) is 12.1 Å². The molecule has 1 aromatic rings. The number of likely N-dealkylation sites (tertiary alicyclic amines) is 1. The molecule has 0 bridgehead atoms. The van der Waals surface area contributed by atoms with Crippen LogP contribution in [0.25, 0.3) is 0 Å². The molecule has 0 saturated carbocycles. The summed E-state index contributed by atoms with van der Waals surface area (Å²) in [4.78, 5) is 13.9. The lowest BCUT2D eigenvalue weighted by Gasteiger charge is -2.33. The average Bonchev–Trinajstić information content (AvgIpc) is 2.44. The third-order valence-electron chi connectivity index (χ3n) is 4.02. The van der Waals surface area contributed by atoms with E-state index < -0.39 is 15.6 Å². The van der Waals surface area contributed by atoms with Crippen LogP contribution in [0.4, 0.5) is 10.5 Å². The number of nitrogens with zero attached hydrogens (tertiary/aromatic N) is 1. The predicted octanol–water partition coefficient (Wildman–Crippen LogP) is 3.25. The Kier molecular flexibility index (Phi) is 5.98. The van der Waals surface area contributed by atoms with Crippen molar-refractivity contribution in [2.45, 2.75) is 45.6 Å². The van der Waals surface area contributed by atoms with E-state index in [9.17, 15) is 13.2 Å². The minimum atomic E-state index is -3.27. The number of anilines is 1. The van der Waals surface area contributed by atoms with Crippen LogP contribution in [0.15, 0.2) is 24.3 Å². The third kappa shape index (κ3) is 6.94. The Labute approximate surface area is 150 Å². The highest BCUT2D eigenvalue weighted by Gasteiger charge is 2.26. The van der Waals surface area contributed by atoms with Crippen molar-refractivity contribution in [3.05, 3.63) is 29.8 Å². The Bertz CT molecular complexity index is 702. The zero-order valence-electron chi connectivity index (χ0n) is 15.4. The molecule has 0 spiro atoms. The van der Waals surface area contributed by atoms with Gasteiger partial charge in [0, 0.05) is 18.8 Å². The van der Waals surface area contributed by atoms with Gasteiger partial charge in [-0.25, -0.2) is 13.2 Å². The van der Waals surface area contributed by atoms with Crippen molar-refractivity contribution >= 4 is 21.8 Å². The van der Waals surface area contributed by atoms with Crippen molar-refractivity contribution < 1.29 is 17.9 Å². The van der Waals surface area contributed by atoms with Crippen LogP contribution in [-0.4, -0.2) is 44.4 Å². The number of nitrogens with one attached hydrogen (secondary N) is 1. The largest absolute Gasteiger partial charge is 0.444 e. The lowest BCUT2D eigenvalue weighted by Crippen LogP contribution is -2.42. The second-order valence-electron chi connectivity index (χ2n) is 7.69. The Morgan fingerprint density at radius 1 is 1.28 bits per heavy atom. The fourth-order valence-corrected chi connectivity index (χ4v) is 3.51. The normalized spacial score (nSPS) is 16.6. The summed E-state index contributed by atoms with van der Waals surface area (Å²) in [5.74, 6) is 0.479. The first-order chi connectivity index (χ1) is 11.5. The summed E-state index contributed by atoms with van der Waals surface area (Å²) in [6.07, 6.45) is 3.62. The fraction of sp³-hybridized carbons (Fsp3) is 0.611. The van der Waals surface area contributed by atoms with Gasteiger partial charge in [0.2, 0.25) is 10.0 Å². The first-order valence-corrected chi connectivity index (χ1v) is 10.5. The number of carbonyl (C=O) groups excluding carboxylic acids is 1. The van der Waals surface area contributed by atoms with E-state index in [-0.39, 0.29) is 6.09 Å². The molecule has 0 aromatic heterocycles. The molecule has 0 unspecified atom stereocenters. The van der Waals surface area contributed by atoms with Gasteiger partial charge in [0.1, 0.15) is 5.60 Å². The summed E-state index contributed by atoms with van der Waals surface area (Å²) in [5.41, 5.74) is 1.22. The summed E-state index contributed by atoms with van der Waals surface area (Å²) < 4.78 is 30.6. The molecular formula is C18H28N2O4S. The maximum absolute atomic E-state index is 12.1. The number of rotatable bonds is 4. The SMILES string of the molecule is CC(C)(C)OC(=O)N1CCC(Cc2cccc(NS(C)(=O)=O)c2)CC1. The first-order valence-electron chi connectivity index (χ1n) is 8.56. The summed E-state index contributed by atoms with van der Waals surface area (Å²) in [6, 6.07) is 7.49. The maximum Gasteiger partial charge on any atom is 0.410 e. The second-order valence-corrected chi connectivity index (χ2v) is 9.44. The van der Waals surface area contributed by atoms with Crippen molar-refractivity contribution in [2.24, 2.45) is 5.92 Å². The number of hydrogen-bond donors (Lipinski definition) is 1. The second kappa shape index (κ2) is 7.64. The van der Waals surface area contributed by atoms with Crippen LogP contribution >= 0.6 is 0 Å². The molecule has 0 atom stereocenters. The Morgan fingerprint density at radius 2 is 1.92 bits per heavy atom. The summed E-state index contributed by atoms with van der Waals surface area (Å²) in [6.45, 7) is 7.00. The number of carbonyl (C=O) groups is 1. The average molecular weight is 368 g/mol. The molecule has 1 aliphatic rings. The van der Waals surface area contributed by atoms with Crippen LogP contribution in [0.5, 0.6) is 0 Å². The van der Waals surface area contributed by atoms with Gasteiger partial charge in [-0.3, -0.25) is 4.72 Å². The van der Waals surface area contributed by atoms with Crippen molar-refractivity contribution in [3.63, 3.8) is 0 Å². The molecule has 25 heavy (non-hydrogen) atoms. The highest BCUT2D eigenvalue weighted by atomic mass is 32.2. The van der Waals surface area contributed by atoms with Gasteiger partial charge < -0.3 is 9.64 Å². The van der Waals surface area contributed by atoms with Crippen LogP contribution in [0.3, 0.4) is 0 Å². The topological polar surface area (TPSA) is 75.7 Å². The van der Waals surface area contributed by atoms with Crippen molar-refractivity contribution in [1.82, 2.24) is 4.90 Å². The van der Waals surface area contributed by atoms with Crippen molar-refractivity contribution in [2.75, 3.05) is 24.1 Å². The molecule has 7 heteroatoms. The van der Waals surface area contributed by atoms with Gasteiger partial charge in [-0.2, -0.15) is 0 Å². The van der Waals surface area contributed by atoms with Crippen LogP contribution in [0.1, 0.15) is 39.2 Å². The standard InChI is InChI=1S/C18H28N2O4S/c1-18(2,3)24-17(21)20-10-8-14(9-11-20)12-15-6-5-7-16(13-15)19-25(4,22)23/h5-7,13-14,19H,8-12H2,1-4H3. The van der Waals surface area contributed by atoms with Gasteiger partial charge in [0.05, 0.1) is 6.26 Å². The van der Waals surface area contributed by atoms with E-state index in [4.69, 9.17) is 4.74 Å². The molecule has 0 radical (unpaired) electrons. The van der Waals surface area contributed by atoms with E-state index in [0.29, 0.717) is 24.7 Å². The molecule has 0 aliphatic carbocycles. The van der Waals surface area contributed by atoms with Crippen LogP contribution < -0.4 is 4.72 Å². The molecule has 140 valence electrons. The predicted molar refractivity (Wildman–Crippen MR) is 99.1 cm³/mol. The zero-order valence-corrected chi connectivity index (χ0v) is 16.2. The number of ether oxygens (including phenoxy) is 1. The smallest absolute Gasteiger partial charge is 0.410 e. The van der Waals surface area contributed by atoms with Crippen molar-refractivity contribution in [3.8, 4) is 0 Å². The number of sulfonamides is 1. The van der Waals surface area contributed by atoms with Crippen LogP contribution in [0, 0.1) is 5.92 Å². The van der Waals surface area contributed by atoms with E-state index in [1.54, 1.807) is 11.0 Å². The molecule has 1 N–H and O–H groups in total. The molecule has 1 fully saturated rings. The molecular weight excluding hydrogens is 340 g/mol. The molecule has 1 saturated heterocycles. The minimum absolute atomic E-state index is 0.245. The van der Waals surface area contributed by atoms with Gasteiger partial charge in [0.25, 0.3) is 0 Å². The molecule has 1 amide bonds. The fourth-order valence-electron chi connectivity index (χ4n) is 2.96. The van der Waals surface area contributed by atoms with Gasteiger partial charge >= 0.3 is 6.09 Å². The van der Waals surface area contributed by atoms with E-state index in [2.05, 4.69) is 4.72 Å². The molecule has 6 nitrogen and oxygen atoms in total. The molecule has 1 aromatic carbocycles. The monoisotopic (exact) mass is 368 g/mol. The molecule has 2 rings (SSSR count). The van der Waals surface area contributed by atoms with Gasteiger partial charge in [-0.05, 0) is 63.6 Å². The summed E-state index contributed by atoms with van der Waals surface area (Å²) in [5, 5.41) is 0. The van der Waals surface area contributed by atoms with Gasteiger partial charge in [-0.15, -0.1) is 0 Å². The molecule has 1 heterocycles. The minimum Gasteiger partial charge on any atom is -0.444 e. The van der Waals surface area contributed by atoms with Crippen LogP contribution in [-0.2, 0) is 21.2 Å². The third-order valence-corrected chi connectivity index (χ3v) is 4.63. The van der Waals surface area contributed by atoms with Crippen LogP contribution in [0.2, 0.25) is 0 Å². The summed E-state index contributed by atoms with van der Waals surface area (Å²) >= 11 is 0. The maximum atomic E-state index is 12.1. The summed E-state index contributed by atoms with van der Waals surface area (Å²) in [7, 11) is -3.27. The van der Waals surface area contributed by atoms with E-state index >= 15 is 0 Å². The van der Waals surface area contributed by atoms with Crippen molar-refractivity contribution in [1.29, 1.82) is 0 Å². The van der Waals surface area contributed by atoms with E-state index in [0.717, 1.165) is 31.1 Å². The molecule has 1 aliphatic heterocycles. The highest BCUT2D eigenvalue weighted by molar-refractivity contribution is 7.92. The number of piperidine rings is 1. The highest BCUT2D eigenvalue weighted by Crippen LogP contribution is 2.24. The first kappa shape index (κ1) is 19.6. The number of hydrogen-bond acceptors (Lipinski definition) is 4. The number of amides is 1. The Balaban J connectivity index is 1.88. The van der Waals surface area contributed by atoms with E-state index in [1.165, 1.54) is 0 Å². The lowest BCUT2D eigenvalue weighted by molar-refractivity contribution is 0.0184. The van der Waals surface area contributed by atoms with Gasteiger partial charge in [0.15, 0.2) is 0 Å². The Morgan fingerprint density at radius 3 is 2.48 bits per heavy atom. The number of benzene rings is 1. The zero-order chi connectivity index (χ0) is 18.7. The van der Waals surface area contributed by atoms with E-state index in [1.807, 2.05) is 39.0 Å². The lowest BCUT2D eigenvalue weighted by atomic mass is 9.90. The Hall–Kier alpha value is -1.76.